The summed E-state index contributed by atoms with van der Waals surface area (Å²) in [5, 5.41) is 5.91. The number of carbonyl (C=O) groups excluding carboxylic acids is 1. The first kappa shape index (κ1) is 21.2. The largest absolute Gasteiger partial charge is 0.416 e. The molecular formula is C22H26F3N3O. The molecule has 1 saturated heterocycles. The van der Waals surface area contributed by atoms with Crippen molar-refractivity contribution in [2.45, 2.75) is 32.4 Å². The number of halogens is 3. The average molecular weight is 405 g/mol. The van der Waals surface area contributed by atoms with Crippen LogP contribution < -0.4 is 15.5 Å². The molecule has 1 aliphatic heterocycles. The van der Waals surface area contributed by atoms with Crippen molar-refractivity contribution in [3.63, 3.8) is 0 Å². The van der Waals surface area contributed by atoms with Crippen LogP contribution >= 0.6 is 0 Å². The maximum Gasteiger partial charge on any atom is 0.416 e. The molecule has 0 aromatic heterocycles. The molecule has 29 heavy (non-hydrogen) atoms. The Kier molecular flexibility index (Phi) is 5.89. The molecule has 1 fully saturated rings. The molecule has 0 radical (unpaired) electrons. The van der Waals surface area contributed by atoms with E-state index in [1.807, 2.05) is 17.0 Å². The third-order valence-electron chi connectivity index (χ3n) is 5.04. The lowest BCUT2D eigenvalue weighted by Gasteiger charge is -2.31. The van der Waals surface area contributed by atoms with E-state index in [9.17, 15) is 18.0 Å². The van der Waals surface area contributed by atoms with Crippen molar-refractivity contribution in [3.8, 4) is 0 Å². The van der Waals surface area contributed by atoms with Crippen LogP contribution in [0.1, 0.15) is 42.3 Å². The molecular weight excluding hydrogens is 379 g/mol. The van der Waals surface area contributed by atoms with E-state index >= 15 is 0 Å². The normalized spacial score (nSPS) is 15.3. The van der Waals surface area contributed by atoms with Gasteiger partial charge in [0.15, 0.2) is 0 Å². The fourth-order valence-corrected chi connectivity index (χ4v) is 3.31. The number of nitrogens with zero attached hydrogens (tertiary/aromatic N) is 1. The molecule has 1 heterocycles. The van der Waals surface area contributed by atoms with Gasteiger partial charge in [-0.3, -0.25) is 4.79 Å². The Balaban J connectivity index is 1.90. The third kappa shape index (κ3) is 5.09. The monoisotopic (exact) mass is 405 g/mol. The number of hydrogen-bond donors (Lipinski definition) is 2. The van der Waals surface area contributed by atoms with Gasteiger partial charge in [-0.15, -0.1) is 0 Å². The van der Waals surface area contributed by atoms with Crippen molar-refractivity contribution in [1.29, 1.82) is 0 Å². The zero-order valence-electron chi connectivity index (χ0n) is 16.9. The summed E-state index contributed by atoms with van der Waals surface area (Å²) in [6, 6.07) is 10.7. The van der Waals surface area contributed by atoms with Crippen LogP contribution in [0, 0.1) is 0 Å². The number of nitrogens with one attached hydrogen (secondary N) is 2. The van der Waals surface area contributed by atoms with Crippen LogP contribution in [0.25, 0.3) is 0 Å². The van der Waals surface area contributed by atoms with Crippen LogP contribution in [0.5, 0.6) is 0 Å². The predicted octanol–water partition coefficient (Wildman–Crippen LogP) is 4.66. The van der Waals surface area contributed by atoms with Crippen molar-refractivity contribution in [2.75, 3.05) is 36.4 Å². The van der Waals surface area contributed by atoms with Gasteiger partial charge in [-0.25, -0.2) is 0 Å². The number of hydrogen-bond acceptors (Lipinski definition) is 3. The van der Waals surface area contributed by atoms with E-state index in [1.165, 1.54) is 6.07 Å². The Labute approximate surface area is 169 Å². The number of benzene rings is 2. The van der Waals surface area contributed by atoms with Gasteiger partial charge in [-0.2, -0.15) is 13.2 Å². The number of piperazine rings is 1. The summed E-state index contributed by atoms with van der Waals surface area (Å²) in [5.41, 5.74) is 1.42. The maximum absolute atomic E-state index is 13.2. The summed E-state index contributed by atoms with van der Waals surface area (Å²) < 4.78 is 39.7. The highest BCUT2D eigenvalue weighted by molar-refractivity contribution is 6.06. The Morgan fingerprint density at radius 1 is 0.966 bits per heavy atom. The van der Waals surface area contributed by atoms with Crippen molar-refractivity contribution >= 4 is 17.3 Å². The zero-order valence-corrected chi connectivity index (χ0v) is 16.9. The van der Waals surface area contributed by atoms with Crippen molar-refractivity contribution in [2.24, 2.45) is 0 Å². The van der Waals surface area contributed by atoms with Gasteiger partial charge in [-0.05, 0) is 41.3 Å². The van der Waals surface area contributed by atoms with Crippen molar-refractivity contribution < 1.29 is 18.0 Å². The third-order valence-corrected chi connectivity index (χ3v) is 5.04. The van der Waals surface area contributed by atoms with Gasteiger partial charge in [-0.1, -0.05) is 32.9 Å². The summed E-state index contributed by atoms with van der Waals surface area (Å²) in [6.45, 7) is 9.02. The summed E-state index contributed by atoms with van der Waals surface area (Å²) in [4.78, 5) is 14.7. The average Bonchev–Trinajstić information content (AvgIpc) is 2.67. The lowest BCUT2D eigenvalue weighted by Crippen LogP contribution is -2.43. The molecule has 4 nitrogen and oxygen atoms in total. The number of anilines is 2. The van der Waals surface area contributed by atoms with E-state index < -0.39 is 17.6 Å². The standard InChI is InChI=1S/C22H26F3N3O/c1-21(2,3)16-6-4-15(5-7-16)20(29)27-18-14-17(22(23,24)25)8-9-19(18)28-12-10-26-11-13-28/h4-9,14,26H,10-13H2,1-3H3,(H,27,29). The lowest BCUT2D eigenvalue weighted by molar-refractivity contribution is -0.137. The highest BCUT2D eigenvalue weighted by Gasteiger charge is 2.32. The Morgan fingerprint density at radius 3 is 2.10 bits per heavy atom. The molecule has 0 atom stereocenters. The second-order valence-electron chi connectivity index (χ2n) is 8.25. The summed E-state index contributed by atoms with van der Waals surface area (Å²) in [7, 11) is 0. The molecule has 3 rings (SSSR count). The molecule has 0 unspecified atom stereocenters. The second-order valence-corrected chi connectivity index (χ2v) is 8.25. The summed E-state index contributed by atoms with van der Waals surface area (Å²) >= 11 is 0. The molecule has 7 heteroatoms. The molecule has 156 valence electrons. The van der Waals surface area contributed by atoms with Crippen LogP contribution in [0.3, 0.4) is 0 Å². The molecule has 0 spiro atoms. The van der Waals surface area contributed by atoms with Crippen molar-refractivity contribution in [1.82, 2.24) is 5.32 Å². The molecule has 0 saturated carbocycles. The molecule has 2 aromatic rings. The van der Waals surface area contributed by atoms with Crippen LogP contribution in [0.15, 0.2) is 42.5 Å². The smallest absolute Gasteiger partial charge is 0.367 e. The highest BCUT2D eigenvalue weighted by Crippen LogP contribution is 2.36. The topological polar surface area (TPSA) is 44.4 Å². The van der Waals surface area contributed by atoms with Gasteiger partial charge in [0.1, 0.15) is 0 Å². The first-order valence-electron chi connectivity index (χ1n) is 9.64. The van der Waals surface area contributed by atoms with E-state index in [-0.39, 0.29) is 11.1 Å². The minimum absolute atomic E-state index is 0.0501. The molecule has 0 aliphatic carbocycles. The van der Waals surface area contributed by atoms with Gasteiger partial charge >= 0.3 is 6.18 Å². The van der Waals surface area contributed by atoms with Crippen LogP contribution in [-0.2, 0) is 11.6 Å². The number of amides is 1. The molecule has 2 N–H and O–H groups in total. The van der Waals surface area contributed by atoms with Crippen LogP contribution in [0.4, 0.5) is 24.5 Å². The van der Waals surface area contributed by atoms with E-state index in [4.69, 9.17) is 0 Å². The minimum atomic E-state index is -4.48. The van der Waals surface area contributed by atoms with Crippen LogP contribution in [0.2, 0.25) is 0 Å². The van der Waals surface area contributed by atoms with Crippen molar-refractivity contribution in [3.05, 3.63) is 59.2 Å². The molecule has 0 bridgehead atoms. The van der Waals surface area contributed by atoms with Gasteiger partial charge in [0.25, 0.3) is 5.91 Å². The van der Waals surface area contributed by atoms with Gasteiger partial charge in [0.2, 0.25) is 0 Å². The number of carbonyl (C=O) groups is 1. The highest BCUT2D eigenvalue weighted by atomic mass is 19.4. The number of rotatable bonds is 3. The minimum Gasteiger partial charge on any atom is -0.367 e. The SMILES string of the molecule is CC(C)(C)c1ccc(C(=O)Nc2cc(C(F)(F)F)ccc2N2CCNCC2)cc1. The first-order chi connectivity index (χ1) is 13.6. The Bertz CT molecular complexity index is 864. The molecule has 1 amide bonds. The summed E-state index contributed by atoms with van der Waals surface area (Å²) in [6.07, 6.45) is -4.48. The Hall–Kier alpha value is -2.54. The number of alkyl halides is 3. The lowest BCUT2D eigenvalue weighted by atomic mass is 9.87. The fraction of sp³-hybridized carbons (Fsp3) is 0.409. The maximum atomic E-state index is 13.2. The van der Waals surface area contributed by atoms with Gasteiger partial charge in [0, 0.05) is 31.7 Å². The van der Waals surface area contributed by atoms with E-state index in [1.54, 1.807) is 12.1 Å². The van der Waals surface area contributed by atoms with Gasteiger partial charge in [0.05, 0.1) is 16.9 Å². The molecule has 1 aliphatic rings. The second kappa shape index (κ2) is 8.06. The van der Waals surface area contributed by atoms with E-state index in [0.717, 1.165) is 30.8 Å². The zero-order chi connectivity index (χ0) is 21.2. The summed E-state index contributed by atoms with van der Waals surface area (Å²) in [5.74, 6) is -0.429. The van der Waals surface area contributed by atoms with E-state index in [0.29, 0.717) is 24.3 Å². The van der Waals surface area contributed by atoms with Crippen LogP contribution in [-0.4, -0.2) is 32.1 Å². The Morgan fingerprint density at radius 2 is 1.55 bits per heavy atom. The first-order valence-corrected chi connectivity index (χ1v) is 9.64. The van der Waals surface area contributed by atoms with Gasteiger partial charge < -0.3 is 15.5 Å². The predicted molar refractivity (Wildman–Crippen MR) is 110 cm³/mol. The molecule has 2 aromatic carbocycles. The fourth-order valence-electron chi connectivity index (χ4n) is 3.31. The quantitative estimate of drug-likeness (QED) is 0.780. The van der Waals surface area contributed by atoms with E-state index in [2.05, 4.69) is 31.4 Å².